The zero-order valence-electron chi connectivity index (χ0n) is 12.5. The molecule has 0 saturated heterocycles. The molecule has 2 aromatic rings. The van der Waals surface area contributed by atoms with Crippen LogP contribution < -0.4 is 10.5 Å². The van der Waals surface area contributed by atoms with E-state index in [2.05, 4.69) is 9.82 Å². The molecular weight excluding hydrogens is 319 g/mol. The highest BCUT2D eigenvalue weighted by Gasteiger charge is 2.31. The average Bonchev–Trinajstić information content (AvgIpc) is 3.16. The lowest BCUT2D eigenvalue weighted by Gasteiger charge is -2.18. The molecule has 0 radical (unpaired) electrons. The molecule has 124 valence electrons. The van der Waals surface area contributed by atoms with Crippen molar-refractivity contribution in [1.82, 2.24) is 14.5 Å². The third-order valence-corrected chi connectivity index (χ3v) is 5.68. The van der Waals surface area contributed by atoms with Crippen LogP contribution in [0.2, 0.25) is 0 Å². The molecule has 2 atom stereocenters. The maximum absolute atomic E-state index is 13.8. The summed E-state index contributed by atoms with van der Waals surface area (Å²) in [5, 5.41) is 3.96. The third-order valence-electron chi connectivity index (χ3n) is 4.24. The van der Waals surface area contributed by atoms with E-state index in [1.54, 1.807) is 12.1 Å². The maximum Gasteiger partial charge on any atom is 0.243 e. The Morgan fingerprint density at radius 2 is 2.13 bits per heavy atom. The van der Waals surface area contributed by atoms with Crippen LogP contribution in [0.5, 0.6) is 0 Å². The number of nitrogens with one attached hydrogen (secondary N) is 1. The van der Waals surface area contributed by atoms with Crippen LogP contribution in [0.3, 0.4) is 0 Å². The zero-order valence-corrected chi connectivity index (χ0v) is 13.3. The highest BCUT2D eigenvalue weighted by atomic mass is 32.2. The molecule has 3 N–H and O–H groups in total. The van der Waals surface area contributed by atoms with Crippen LogP contribution in [0.15, 0.2) is 41.6 Å². The number of nitrogens with two attached hydrogens (primary N) is 1. The van der Waals surface area contributed by atoms with Crippen molar-refractivity contribution in [2.45, 2.75) is 30.2 Å². The van der Waals surface area contributed by atoms with Crippen molar-refractivity contribution >= 4 is 10.0 Å². The van der Waals surface area contributed by atoms with Gasteiger partial charge in [-0.25, -0.2) is 22.2 Å². The molecule has 1 heterocycles. The summed E-state index contributed by atoms with van der Waals surface area (Å²) in [6.07, 6.45) is 5.21. The van der Waals surface area contributed by atoms with Crippen LogP contribution >= 0.6 is 0 Å². The second-order valence-corrected chi connectivity index (χ2v) is 7.44. The molecule has 1 saturated carbocycles. The summed E-state index contributed by atoms with van der Waals surface area (Å²) in [7, 11) is -3.70. The van der Waals surface area contributed by atoms with Gasteiger partial charge < -0.3 is 5.73 Å². The summed E-state index contributed by atoms with van der Waals surface area (Å²) >= 11 is 0. The van der Waals surface area contributed by atoms with Gasteiger partial charge in [0.05, 0.1) is 12.4 Å². The fourth-order valence-corrected chi connectivity index (χ4v) is 4.23. The average molecular weight is 338 g/mol. The minimum absolute atomic E-state index is 0.0171. The first-order valence-corrected chi connectivity index (χ1v) is 9.01. The molecule has 1 fully saturated rings. The molecule has 1 aliphatic rings. The van der Waals surface area contributed by atoms with Crippen LogP contribution in [0.25, 0.3) is 5.69 Å². The minimum Gasteiger partial charge on any atom is -0.330 e. The maximum atomic E-state index is 13.8. The van der Waals surface area contributed by atoms with Crippen molar-refractivity contribution in [3.05, 3.63) is 42.5 Å². The predicted octanol–water partition coefficient (Wildman–Crippen LogP) is 1.42. The van der Waals surface area contributed by atoms with E-state index < -0.39 is 15.8 Å². The van der Waals surface area contributed by atoms with Crippen molar-refractivity contribution in [1.29, 1.82) is 0 Å². The van der Waals surface area contributed by atoms with Crippen molar-refractivity contribution in [2.24, 2.45) is 11.7 Å². The van der Waals surface area contributed by atoms with Gasteiger partial charge in [0.25, 0.3) is 0 Å². The summed E-state index contributed by atoms with van der Waals surface area (Å²) in [5.41, 5.74) is 5.89. The first kappa shape index (κ1) is 16.1. The summed E-state index contributed by atoms with van der Waals surface area (Å²) in [5.74, 6) is -0.308. The van der Waals surface area contributed by atoms with Gasteiger partial charge in [-0.2, -0.15) is 5.10 Å². The predicted molar refractivity (Wildman–Crippen MR) is 84.0 cm³/mol. The number of para-hydroxylation sites is 1. The summed E-state index contributed by atoms with van der Waals surface area (Å²) in [6, 6.07) is 5.91. The van der Waals surface area contributed by atoms with Gasteiger partial charge in [-0.05, 0) is 37.4 Å². The molecule has 0 bridgehead atoms. The fraction of sp³-hybridized carbons (Fsp3) is 0.400. The first-order chi connectivity index (χ1) is 11.0. The number of nitrogens with zero attached hydrogens (tertiary/aromatic N) is 2. The Morgan fingerprint density at radius 1 is 1.35 bits per heavy atom. The lowest BCUT2D eigenvalue weighted by Crippen LogP contribution is -2.39. The fourth-order valence-electron chi connectivity index (χ4n) is 2.96. The molecule has 0 aliphatic heterocycles. The highest BCUT2D eigenvalue weighted by molar-refractivity contribution is 7.89. The van der Waals surface area contributed by atoms with E-state index in [9.17, 15) is 12.8 Å². The normalized spacial score (nSPS) is 21.7. The van der Waals surface area contributed by atoms with Gasteiger partial charge in [0, 0.05) is 6.04 Å². The summed E-state index contributed by atoms with van der Waals surface area (Å²) < 4.78 is 42.6. The number of rotatable bonds is 5. The van der Waals surface area contributed by atoms with E-state index in [1.165, 1.54) is 29.2 Å². The van der Waals surface area contributed by atoms with E-state index in [-0.39, 0.29) is 22.5 Å². The van der Waals surface area contributed by atoms with Gasteiger partial charge in [0.1, 0.15) is 16.4 Å². The molecule has 23 heavy (non-hydrogen) atoms. The Balaban J connectivity index is 1.83. The van der Waals surface area contributed by atoms with Crippen LogP contribution in [-0.2, 0) is 10.0 Å². The Morgan fingerprint density at radius 3 is 2.87 bits per heavy atom. The number of halogens is 1. The van der Waals surface area contributed by atoms with Gasteiger partial charge in [0.2, 0.25) is 10.0 Å². The molecule has 8 heteroatoms. The lowest BCUT2D eigenvalue weighted by molar-refractivity contribution is 0.453. The molecule has 1 aliphatic carbocycles. The van der Waals surface area contributed by atoms with Crippen molar-refractivity contribution in [3.8, 4) is 5.69 Å². The second kappa shape index (κ2) is 6.38. The summed E-state index contributed by atoms with van der Waals surface area (Å²) in [6.45, 7) is 0.460. The van der Waals surface area contributed by atoms with E-state index in [1.807, 2.05) is 0 Å². The molecule has 0 spiro atoms. The quantitative estimate of drug-likeness (QED) is 0.863. The number of hydrogen-bond donors (Lipinski definition) is 2. The number of hydrogen-bond acceptors (Lipinski definition) is 4. The smallest absolute Gasteiger partial charge is 0.243 e. The topological polar surface area (TPSA) is 90.0 Å². The van der Waals surface area contributed by atoms with Crippen LogP contribution in [-0.4, -0.2) is 30.8 Å². The number of sulfonamides is 1. The number of aromatic nitrogens is 2. The highest BCUT2D eigenvalue weighted by Crippen LogP contribution is 2.26. The van der Waals surface area contributed by atoms with Crippen molar-refractivity contribution < 1.29 is 12.8 Å². The van der Waals surface area contributed by atoms with E-state index in [0.717, 1.165) is 19.3 Å². The molecule has 0 unspecified atom stereocenters. The monoisotopic (exact) mass is 338 g/mol. The van der Waals surface area contributed by atoms with Crippen LogP contribution in [0.1, 0.15) is 19.3 Å². The molecular formula is C15H19FN4O2S. The largest absolute Gasteiger partial charge is 0.330 e. The first-order valence-electron chi connectivity index (χ1n) is 7.53. The molecule has 0 amide bonds. The lowest BCUT2D eigenvalue weighted by atomic mass is 10.1. The summed E-state index contributed by atoms with van der Waals surface area (Å²) in [4.78, 5) is 0.0171. The minimum atomic E-state index is -3.70. The van der Waals surface area contributed by atoms with Gasteiger partial charge >= 0.3 is 0 Å². The number of benzene rings is 1. The third kappa shape index (κ3) is 3.29. The standard InChI is InChI=1S/C15H19FN4O2S/c16-13-5-1-2-7-15(13)20-10-12(9-18-20)23(21,22)19-14-6-3-4-11(14)8-17/h1-2,5,7,9-11,14,19H,3-4,6,8,17H2/t11-,14-/m0/s1. The Kier molecular flexibility index (Phi) is 4.47. The van der Waals surface area contributed by atoms with Gasteiger partial charge in [-0.3, -0.25) is 0 Å². The molecule has 3 rings (SSSR count). The van der Waals surface area contributed by atoms with Crippen molar-refractivity contribution in [2.75, 3.05) is 6.54 Å². The SMILES string of the molecule is NC[C@@H]1CCC[C@@H]1NS(=O)(=O)c1cnn(-c2ccccc2F)c1. The second-order valence-electron chi connectivity index (χ2n) is 5.73. The van der Waals surface area contributed by atoms with Gasteiger partial charge in [-0.15, -0.1) is 0 Å². The zero-order chi connectivity index (χ0) is 16.4. The van der Waals surface area contributed by atoms with E-state index in [0.29, 0.717) is 6.54 Å². The van der Waals surface area contributed by atoms with Crippen molar-refractivity contribution in [3.63, 3.8) is 0 Å². The van der Waals surface area contributed by atoms with Gasteiger partial charge in [0.15, 0.2) is 0 Å². The van der Waals surface area contributed by atoms with E-state index in [4.69, 9.17) is 5.73 Å². The van der Waals surface area contributed by atoms with Crippen LogP contribution in [0, 0.1) is 11.7 Å². The Bertz CT molecular complexity index is 790. The van der Waals surface area contributed by atoms with E-state index >= 15 is 0 Å². The Labute approximate surface area is 134 Å². The molecule has 6 nitrogen and oxygen atoms in total. The van der Waals surface area contributed by atoms with Crippen LogP contribution in [0.4, 0.5) is 4.39 Å². The van der Waals surface area contributed by atoms with Gasteiger partial charge in [-0.1, -0.05) is 18.6 Å². The molecule has 1 aromatic heterocycles. The molecule has 1 aromatic carbocycles. The Hall–Kier alpha value is -1.77.